The predicted octanol–water partition coefficient (Wildman–Crippen LogP) is 1.88. The van der Waals surface area contributed by atoms with E-state index in [2.05, 4.69) is 37.2 Å². The lowest BCUT2D eigenvalue weighted by molar-refractivity contribution is 0.0170. The lowest BCUT2D eigenvalue weighted by Crippen LogP contribution is -2.46. The highest BCUT2D eigenvalue weighted by molar-refractivity contribution is 5.79. The highest BCUT2D eigenvalue weighted by Gasteiger charge is 2.23. The summed E-state index contributed by atoms with van der Waals surface area (Å²) in [5.74, 6) is 2.51. The molecule has 2 N–H and O–H groups in total. The molecule has 8 nitrogen and oxygen atoms in total. The van der Waals surface area contributed by atoms with Gasteiger partial charge in [-0.2, -0.15) is 0 Å². The fourth-order valence-electron chi connectivity index (χ4n) is 4.20. The van der Waals surface area contributed by atoms with Crippen molar-refractivity contribution in [3.05, 3.63) is 47.3 Å². The fourth-order valence-corrected chi connectivity index (χ4v) is 4.20. The number of nitrogens with zero attached hydrogens (tertiary/aromatic N) is 5. The molecule has 1 aromatic heterocycles. The second-order valence-corrected chi connectivity index (χ2v) is 7.93. The molecular weight excluding hydrogens is 397 g/mol. The number of aryl methyl sites for hydroxylation is 1. The first kappa shape index (κ1) is 21.7. The Kier molecular flexibility index (Phi) is 7.48. The third-order valence-corrected chi connectivity index (χ3v) is 5.86. The lowest BCUT2D eigenvalue weighted by Gasteiger charge is -2.35. The zero-order valence-electron chi connectivity index (χ0n) is 18.2. The van der Waals surface area contributed by atoms with Gasteiger partial charge in [0.05, 0.1) is 19.3 Å². The van der Waals surface area contributed by atoms with Crippen LogP contribution in [0.2, 0.25) is 0 Å². The highest BCUT2D eigenvalue weighted by atomic mass is 19.1. The molecule has 1 fully saturated rings. The number of halogens is 1. The molecule has 0 amide bonds. The molecule has 0 saturated carbocycles. The number of nitrogens with one attached hydrogen (secondary N) is 2. The first-order chi connectivity index (χ1) is 15.2. The summed E-state index contributed by atoms with van der Waals surface area (Å²) in [6.45, 7) is 8.07. The third-order valence-electron chi connectivity index (χ3n) is 5.86. The van der Waals surface area contributed by atoms with Crippen molar-refractivity contribution in [3.8, 4) is 0 Å². The molecule has 168 valence electrons. The number of hydrogen-bond acceptors (Lipinski definition) is 5. The number of morpholine rings is 1. The molecule has 2 aliphatic rings. The summed E-state index contributed by atoms with van der Waals surface area (Å²) >= 11 is 0. The molecule has 0 bridgehead atoms. The Labute approximate surface area is 182 Å². The maximum absolute atomic E-state index is 13.5. The Hall–Kier alpha value is -2.52. The van der Waals surface area contributed by atoms with Crippen LogP contribution < -0.4 is 10.6 Å². The first-order valence-corrected chi connectivity index (χ1v) is 11.2. The van der Waals surface area contributed by atoms with Gasteiger partial charge in [0.15, 0.2) is 11.8 Å². The molecule has 1 unspecified atom stereocenters. The Morgan fingerprint density at radius 1 is 1.13 bits per heavy atom. The standard InChI is InChI=1S/C22H32FN7O/c1-2-24-22(26-16-21-28-27-20-5-3-4-10-30(20)21)25-15-19(29-11-13-31-14-12-29)17-6-8-18(23)9-7-17/h6-9,19H,2-5,10-16H2,1H3,(H2,24,25,26). The van der Waals surface area contributed by atoms with Crippen molar-refractivity contribution >= 4 is 5.96 Å². The summed E-state index contributed by atoms with van der Waals surface area (Å²) in [6.07, 6.45) is 3.34. The normalized spacial score (nSPS) is 18.5. The summed E-state index contributed by atoms with van der Waals surface area (Å²) in [5.41, 5.74) is 1.08. The highest BCUT2D eigenvalue weighted by Crippen LogP contribution is 2.22. The van der Waals surface area contributed by atoms with Gasteiger partial charge in [-0.1, -0.05) is 12.1 Å². The number of hydrogen-bond donors (Lipinski definition) is 2. The molecule has 4 rings (SSSR count). The van der Waals surface area contributed by atoms with Crippen molar-refractivity contribution in [1.82, 2.24) is 30.3 Å². The second kappa shape index (κ2) is 10.7. The second-order valence-electron chi connectivity index (χ2n) is 7.93. The van der Waals surface area contributed by atoms with E-state index in [0.717, 1.165) is 55.8 Å². The van der Waals surface area contributed by atoms with Crippen LogP contribution >= 0.6 is 0 Å². The van der Waals surface area contributed by atoms with E-state index in [-0.39, 0.29) is 11.9 Å². The third kappa shape index (κ3) is 5.59. The average molecular weight is 430 g/mol. The van der Waals surface area contributed by atoms with Gasteiger partial charge < -0.3 is 19.9 Å². The molecule has 31 heavy (non-hydrogen) atoms. The Balaban J connectivity index is 1.45. The molecule has 3 heterocycles. The SMILES string of the molecule is CCNC(=NCc1nnc2n1CCCC2)NCC(c1ccc(F)cc1)N1CCOCC1. The monoisotopic (exact) mass is 429 g/mol. The van der Waals surface area contributed by atoms with Gasteiger partial charge >= 0.3 is 0 Å². The molecule has 9 heteroatoms. The van der Waals surface area contributed by atoms with E-state index in [1.807, 2.05) is 12.1 Å². The minimum Gasteiger partial charge on any atom is -0.379 e. The molecule has 2 aromatic rings. The van der Waals surface area contributed by atoms with Crippen LogP contribution in [0.4, 0.5) is 4.39 Å². The van der Waals surface area contributed by atoms with Crippen molar-refractivity contribution in [1.29, 1.82) is 0 Å². The van der Waals surface area contributed by atoms with E-state index in [4.69, 9.17) is 9.73 Å². The lowest BCUT2D eigenvalue weighted by atomic mass is 10.0. The molecule has 0 aliphatic carbocycles. The minimum atomic E-state index is -0.219. The van der Waals surface area contributed by atoms with E-state index in [0.29, 0.717) is 26.3 Å². The Bertz CT molecular complexity index is 861. The zero-order chi connectivity index (χ0) is 21.5. The fraction of sp³-hybridized carbons (Fsp3) is 0.591. The molecule has 1 atom stereocenters. The molecule has 0 radical (unpaired) electrons. The van der Waals surface area contributed by atoms with Gasteiger partial charge in [0.25, 0.3) is 0 Å². The van der Waals surface area contributed by atoms with Gasteiger partial charge in [-0.05, 0) is 37.5 Å². The maximum Gasteiger partial charge on any atom is 0.191 e. The predicted molar refractivity (Wildman–Crippen MR) is 117 cm³/mol. The number of aromatic nitrogens is 3. The summed E-state index contributed by atoms with van der Waals surface area (Å²) in [4.78, 5) is 7.13. The Morgan fingerprint density at radius 2 is 1.94 bits per heavy atom. The topological polar surface area (TPSA) is 79.6 Å². The van der Waals surface area contributed by atoms with Crippen molar-refractivity contribution < 1.29 is 9.13 Å². The van der Waals surface area contributed by atoms with Gasteiger partial charge in [-0.25, -0.2) is 9.38 Å². The summed E-state index contributed by atoms with van der Waals surface area (Å²) in [7, 11) is 0. The van der Waals surface area contributed by atoms with E-state index in [9.17, 15) is 4.39 Å². The Morgan fingerprint density at radius 3 is 2.71 bits per heavy atom. The minimum absolute atomic E-state index is 0.106. The number of rotatable bonds is 7. The molecule has 0 spiro atoms. The number of ether oxygens (including phenoxy) is 1. The number of benzene rings is 1. The van der Waals surface area contributed by atoms with Crippen LogP contribution in [0, 0.1) is 5.82 Å². The molecule has 1 aromatic carbocycles. The quantitative estimate of drug-likeness (QED) is 0.517. The maximum atomic E-state index is 13.5. The van der Waals surface area contributed by atoms with Crippen LogP contribution in [0.15, 0.2) is 29.3 Å². The summed E-state index contributed by atoms with van der Waals surface area (Å²) in [6, 6.07) is 6.88. The largest absolute Gasteiger partial charge is 0.379 e. The number of fused-ring (bicyclic) bond motifs is 1. The van der Waals surface area contributed by atoms with E-state index in [1.165, 1.54) is 25.0 Å². The van der Waals surface area contributed by atoms with Crippen molar-refractivity contribution in [3.63, 3.8) is 0 Å². The number of guanidine groups is 1. The van der Waals surface area contributed by atoms with Crippen molar-refractivity contribution in [2.75, 3.05) is 39.4 Å². The van der Waals surface area contributed by atoms with E-state index >= 15 is 0 Å². The summed E-state index contributed by atoms with van der Waals surface area (Å²) in [5, 5.41) is 15.5. The summed E-state index contributed by atoms with van der Waals surface area (Å²) < 4.78 is 21.2. The molecule has 2 aliphatic heterocycles. The van der Waals surface area contributed by atoms with E-state index < -0.39 is 0 Å². The van der Waals surface area contributed by atoms with E-state index in [1.54, 1.807) is 0 Å². The molecule has 1 saturated heterocycles. The van der Waals surface area contributed by atoms with Crippen LogP contribution in [-0.2, 0) is 24.2 Å². The first-order valence-electron chi connectivity index (χ1n) is 11.2. The van der Waals surface area contributed by atoms with Crippen LogP contribution in [0.1, 0.15) is 43.0 Å². The van der Waals surface area contributed by atoms with Crippen molar-refractivity contribution in [2.45, 2.75) is 45.3 Å². The smallest absolute Gasteiger partial charge is 0.191 e. The molecular formula is C22H32FN7O. The zero-order valence-corrected chi connectivity index (χ0v) is 18.2. The van der Waals surface area contributed by atoms with Gasteiger partial charge in [0, 0.05) is 39.1 Å². The van der Waals surface area contributed by atoms with Crippen LogP contribution in [-0.4, -0.2) is 65.0 Å². The van der Waals surface area contributed by atoms with Crippen LogP contribution in [0.5, 0.6) is 0 Å². The van der Waals surface area contributed by atoms with Crippen LogP contribution in [0.25, 0.3) is 0 Å². The number of aliphatic imine (C=N–C) groups is 1. The van der Waals surface area contributed by atoms with Gasteiger partial charge in [0.1, 0.15) is 18.2 Å². The average Bonchev–Trinajstić information content (AvgIpc) is 3.22. The van der Waals surface area contributed by atoms with Gasteiger partial charge in [0.2, 0.25) is 0 Å². The van der Waals surface area contributed by atoms with Gasteiger partial charge in [-0.15, -0.1) is 10.2 Å². The van der Waals surface area contributed by atoms with Gasteiger partial charge in [-0.3, -0.25) is 4.90 Å². The van der Waals surface area contributed by atoms with Crippen LogP contribution in [0.3, 0.4) is 0 Å². The van der Waals surface area contributed by atoms with Crippen molar-refractivity contribution in [2.24, 2.45) is 4.99 Å².